The summed E-state index contributed by atoms with van der Waals surface area (Å²) in [5.74, 6) is 0. The molecule has 0 amide bonds. The molecule has 19 heavy (non-hydrogen) atoms. The molecule has 1 radical (unpaired) electrons. The Morgan fingerprint density at radius 1 is 0.842 bits per heavy atom. The van der Waals surface area contributed by atoms with Gasteiger partial charge in [0.15, 0.2) is 0 Å². The first-order valence-corrected chi connectivity index (χ1v) is 7.84. The van der Waals surface area contributed by atoms with Crippen molar-refractivity contribution in [3.05, 3.63) is 34.7 Å². The number of hydrogen-bond donors (Lipinski definition) is 0. The summed E-state index contributed by atoms with van der Waals surface area (Å²) in [7, 11) is 0. The molecule has 2 rings (SSSR count). The van der Waals surface area contributed by atoms with E-state index < -0.39 is 0 Å². The van der Waals surface area contributed by atoms with Crippen LogP contribution in [-0.4, -0.2) is 0 Å². The van der Waals surface area contributed by atoms with E-state index in [1.165, 1.54) is 66.8 Å². The maximum atomic E-state index is 4.74. The van der Waals surface area contributed by atoms with Crippen molar-refractivity contribution in [2.24, 2.45) is 0 Å². The van der Waals surface area contributed by atoms with E-state index in [-0.39, 0.29) is 0 Å². The maximum absolute atomic E-state index is 4.74. The molecular formula is C18H26N. The normalized spacial score (nSPS) is 13.6. The molecular weight excluding hydrogens is 230 g/mol. The fourth-order valence-corrected chi connectivity index (χ4v) is 2.81. The van der Waals surface area contributed by atoms with Crippen molar-refractivity contribution < 1.29 is 0 Å². The molecule has 0 N–H and O–H groups in total. The Labute approximate surface area is 117 Å². The van der Waals surface area contributed by atoms with Crippen LogP contribution >= 0.6 is 0 Å². The number of unbranched alkanes of at least 4 members (excludes halogenated alkanes) is 6. The van der Waals surface area contributed by atoms with Crippen LogP contribution in [0.5, 0.6) is 0 Å². The maximum Gasteiger partial charge on any atom is 0.0485 e. The third-order valence-electron chi connectivity index (χ3n) is 3.95. The minimum absolute atomic E-state index is 1.14. The van der Waals surface area contributed by atoms with Gasteiger partial charge in [-0.2, -0.15) is 0 Å². The van der Waals surface area contributed by atoms with E-state index in [9.17, 15) is 0 Å². The fraction of sp³-hybridized carbons (Fsp3) is 0.556. The Morgan fingerprint density at radius 3 is 2.21 bits per heavy atom. The number of benzene rings is 1. The second kappa shape index (κ2) is 7.37. The van der Waals surface area contributed by atoms with Gasteiger partial charge in [-0.3, -0.25) is 5.32 Å². The molecule has 0 fully saturated rings. The Bertz CT molecular complexity index is 513. The van der Waals surface area contributed by atoms with Gasteiger partial charge in [0.25, 0.3) is 0 Å². The van der Waals surface area contributed by atoms with E-state index in [4.69, 9.17) is 5.32 Å². The Balaban J connectivity index is 1.79. The molecule has 1 aliphatic rings. The topological polar surface area (TPSA) is 14.1 Å². The first-order valence-electron chi connectivity index (χ1n) is 7.84. The van der Waals surface area contributed by atoms with Crippen LogP contribution in [0.2, 0.25) is 0 Å². The highest BCUT2D eigenvalue weighted by molar-refractivity contribution is 5.62. The average molecular weight is 256 g/mol. The number of rotatable bonds is 8. The van der Waals surface area contributed by atoms with Gasteiger partial charge in [0, 0.05) is 21.8 Å². The van der Waals surface area contributed by atoms with Crippen LogP contribution in [0.4, 0.5) is 0 Å². The van der Waals surface area contributed by atoms with Crippen molar-refractivity contribution in [1.82, 2.24) is 5.32 Å². The summed E-state index contributed by atoms with van der Waals surface area (Å²) in [5, 5.41) is 7.44. The van der Waals surface area contributed by atoms with E-state index in [0.717, 1.165) is 6.42 Å². The highest BCUT2D eigenvalue weighted by atomic mass is 14.9. The minimum atomic E-state index is 1.14. The molecule has 103 valence electrons. The molecule has 0 saturated heterocycles. The quantitative estimate of drug-likeness (QED) is 0.630. The third kappa shape index (κ3) is 3.86. The van der Waals surface area contributed by atoms with Gasteiger partial charge in [-0.25, -0.2) is 0 Å². The van der Waals surface area contributed by atoms with E-state index >= 15 is 0 Å². The first-order chi connectivity index (χ1) is 9.33. The van der Waals surface area contributed by atoms with Crippen molar-refractivity contribution in [2.45, 2.75) is 65.2 Å². The molecule has 0 bridgehead atoms. The van der Waals surface area contributed by atoms with Gasteiger partial charge >= 0.3 is 0 Å². The van der Waals surface area contributed by atoms with E-state index in [0.29, 0.717) is 0 Å². The van der Waals surface area contributed by atoms with Gasteiger partial charge in [-0.1, -0.05) is 69.7 Å². The van der Waals surface area contributed by atoms with Crippen molar-refractivity contribution in [1.29, 1.82) is 0 Å². The van der Waals surface area contributed by atoms with Crippen LogP contribution in [0, 0.1) is 0 Å². The molecule has 1 heteroatoms. The largest absolute Gasteiger partial charge is 0.257 e. The summed E-state index contributed by atoms with van der Waals surface area (Å²) in [6, 6.07) is 8.63. The molecule has 1 heterocycles. The van der Waals surface area contributed by atoms with Crippen LogP contribution in [0.3, 0.4) is 0 Å². The van der Waals surface area contributed by atoms with E-state index in [2.05, 4.69) is 38.1 Å². The highest BCUT2D eigenvalue weighted by Gasteiger charge is 2.10. The summed E-state index contributed by atoms with van der Waals surface area (Å²) in [4.78, 5) is 0. The SMILES string of the molecule is CCCCCCCCCC1=c2ccccc2=C(C)[N]1. The zero-order chi connectivity index (χ0) is 13.5. The van der Waals surface area contributed by atoms with Crippen molar-refractivity contribution in [2.75, 3.05) is 0 Å². The molecule has 0 atom stereocenters. The van der Waals surface area contributed by atoms with Crippen molar-refractivity contribution >= 4 is 11.4 Å². The first kappa shape index (κ1) is 14.2. The van der Waals surface area contributed by atoms with Gasteiger partial charge in [0.05, 0.1) is 0 Å². The van der Waals surface area contributed by atoms with Crippen LogP contribution < -0.4 is 15.8 Å². The van der Waals surface area contributed by atoms with Gasteiger partial charge in [-0.15, -0.1) is 0 Å². The molecule has 1 nitrogen and oxygen atoms in total. The lowest BCUT2D eigenvalue weighted by atomic mass is 10.1. The number of hydrogen-bond acceptors (Lipinski definition) is 0. The van der Waals surface area contributed by atoms with Crippen LogP contribution in [-0.2, 0) is 0 Å². The van der Waals surface area contributed by atoms with Crippen LogP contribution in [0.15, 0.2) is 24.3 Å². The lowest BCUT2D eigenvalue weighted by Gasteiger charge is -2.04. The second-order valence-corrected chi connectivity index (χ2v) is 5.56. The Morgan fingerprint density at radius 2 is 1.47 bits per heavy atom. The van der Waals surface area contributed by atoms with Gasteiger partial charge in [0.2, 0.25) is 0 Å². The summed E-state index contributed by atoms with van der Waals surface area (Å²) in [6.07, 6.45) is 10.7. The smallest absolute Gasteiger partial charge is 0.0485 e. The van der Waals surface area contributed by atoms with E-state index in [1.54, 1.807) is 0 Å². The summed E-state index contributed by atoms with van der Waals surface area (Å²) < 4.78 is 0. The zero-order valence-corrected chi connectivity index (χ0v) is 12.4. The Hall–Kier alpha value is -1.24. The van der Waals surface area contributed by atoms with E-state index in [1.807, 2.05) is 0 Å². The molecule has 1 aromatic carbocycles. The molecule has 1 aromatic rings. The fourth-order valence-electron chi connectivity index (χ4n) is 2.81. The molecule has 0 saturated carbocycles. The van der Waals surface area contributed by atoms with Gasteiger partial charge in [0.1, 0.15) is 0 Å². The molecule has 0 unspecified atom stereocenters. The number of fused-ring (bicyclic) bond motifs is 1. The molecule has 0 spiro atoms. The average Bonchev–Trinajstić information content (AvgIpc) is 2.75. The zero-order valence-electron chi connectivity index (χ0n) is 12.4. The van der Waals surface area contributed by atoms with Gasteiger partial charge < -0.3 is 0 Å². The predicted molar refractivity (Wildman–Crippen MR) is 82.9 cm³/mol. The summed E-state index contributed by atoms with van der Waals surface area (Å²) in [5.41, 5.74) is 2.50. The van der Waals surface area contributed by atoms with Crippen LogP contribution in [0.25, 0.3) is 11.4 Å². The molecule has 1 aliphatic heterocycles. The summed E-state index contributed by atoms with van der Waals surface area (Å²) >= 11 is 0. The Kier molecular flexibility index (Phi) is 5.50. The summed E-state index contributed by atoms with van der Waals surface area (Å²) in [6.45, 7) is 4.39. The minimum Gasteiger partial charge on any atom is -0.257 e. The lowest BCUT2D eigenvalue weighted by Crippen LogP contribution is -2.22. The second-order valence-electron chi connectivity index (χ2n) is 5.56. The predicted octanol–water partition coefficient (Wildman–Crippen LogP) is 3.68. The monoisotopic (exact) mass is 256 g/mol. The van der Waals surface area contributed by atoms with Crippen molar-refractivity contribution in [3.63, 3.8) is 0 Å². The highest BCUT2D eigenvalue weighted by Crippen LogP contribution is 2.14. The van der Waals surface area contributed by atoms with Crippen molar-refractivity contribution in [3.8, 4) is 0 Å². The van der Waals surface area contributed by atoms with Gasteiger partial charge in [-0.05, 0) is 19.8 Å². The number of nitrogens with zero attached hydrogens (tertiary/aromatic N) is 1. The molecule has 0 aliphatic carbocycles. The van der Waals surface area contributed by atoms with Crippen LogP contribution in [0.1, 0.15) is 65.2 Å². The third-order valence-corrected chi connectivity index (χ3v) is 3.95. The molecule has 0 aromatic heterocycles. The standard InChI is InChI=1S/C18H26N/c1-3-4-5-6-7-8-9-14-18-17-13-11-10-12-16(17)15(2)19-18/h10-13H,3-9,14H2,1-2H3. The lowest BCUT2D eigenvalue weighted by molar-refractivity contribution is 0.592.